The smallest absolute Gasteiger partial charge is 0.223 e. The van der Waals surface area contributed by atoms with Crippen LogP contribution in [0.3, 0.4) is 0 Å². The summed E-state index contributed by atoms with van der Waals surface area (Å²) < 4.78 is 0. The Kier molecular flexibility index (Phi) is 5.88. The van der Waals surface area contributed by atoms with Crippen molar-refractivity contribution in [3.05, 3.63) is 64.4 Å². The number of aliphatic hydroxyl groups is 1. The molecule has 1 fully saturated rings. The molecule has 0 saturated heterocycles. The second-order valence-electron chi connectivity index (χ2n) is 7.90. The summed E-state index contributed by atoms with van der Waals surface area (Å²) in [6.45, 7) is 2.17. The van der Waals surface area contributed by atoms with Crippen molar-refractivity contribution >= 4 is 28.5 Å². The Morgan fingerprint density at radius 1 is 1.28 bits per heavy atom. The molecule has 6 heteroatoms. The number of carbonyl (C=O) groups is 1. The minimum Gasteiger partial charge on any atom is -0.387 e. The number of aromatic nitrogens is 2. The molecule has 0 aliphatic heterocycles. The van der Waals surface area contributed by atoms with Crippen molar-refractivity contribution in [1.82, 2.24) is 15.3 Å². The van der Waals surface area contributed by atoms with Gasteiger partial charge in [0.2, 0.25) is 5.91 Å². The van der Waals surface area contributed by atoms with E-state index in [0.29, 0.717) is 5.02 Å². The summed E-state index contributed by atoms with van der Waals surface area (Å²) in [4.78, 5) is 21.1. The van der Waals surface area contributed by atoms with Gasteiger partial charge in [-0.3, -0.25) is 4.79 Å². The van der Waals surface area contributed by atoms with Gasteiger partial charge in [0.25, 0.3) is 0 Å². The largest absolute Gasteiger partial charge is 0.387 e. The number of benzene rings is 2. The number of nitrogens with zero attached hydrogens (tertiary/aromatic N) is 1. The molecule has 152 valence electrons. The van der Waals surface area contributed by atoms with E-state index >= 15 is 0 Å². The maximum absolute atomic E-state index is 13.0. The van der Waals surface area contributed by atoms with Crippen LogP contribution >= 0.6 is 11.6 Å². The highest BCUT2D eigenvalue weighted by atomic mass is 35.5. The van der Waals surface area contributed by atoms with E-state index in [-0.39, 0.29) is 24.3 Å². The standard InChI is InChI=1S/C23H26ClN3O2/c1-14-6-2-3-7-16(14)21(28)13-25-23(29)18-9-5-4-8-17(18)22-26-19-11-10-15(24)12-20(19)27-22/h2-3,6-7,10-12,17-18,21,28H,4-5,8-9,13H2,1H3,(H,25,29)(H,26,27)/t17-,18-,21+/m0/s1. The molecule has 1 amide bonds. The van der Waals surface area contributed by atoms with Gasteiger partial charge in [-0.1, -0.05) is 48.7 Å². The van der Waals surface area contributed by atoms with E-state index in [1.165, 1.54) is 0 Å². The summed E-state index contributed by atoms with van der Waals surface area (Å²) >= 11 is 6.09. The quantitative estimate of drug-likeness (QED) is 0.571. The third-order valence-electron chi connectivity index (χ3n) is 5.93. The van der Waals surface area contributed by atoms with Crippen LogP contribution in [0.25, 0.3) is 11.0 Å². The molecule has 3 aromatic rings. The number of fused-ring (bicyclic) bond motifs is 1. The number of rotatable bonds is 5. The molecule has 29 heavy (non-hydrogen) atoms. The Morgan fingerprint density at radius 2 is 2.07 bits per heavy atom. The Morgan fingerprint density at radius 3 is 2.90 bits per heavy atom. The number of aliphatic hydroxyl groups excluding tert-OH is 1. The molecule has 1 aliphatic rings. The maximum Gasteiger partial charge on any atom is 0.223 e. The van der Waals surface area contributed by atoms with Gasteiger partial charge < -0.3 is 15.4 Å². The summed E-state index contributed by atoms with van der Waals surface area (Å²) in [5.74, 6) is 0.733. The second-order valence-corrected chi connectivity index (χ2v) is 8.33. The summed E-state index contributed by atoms with van der Waals surface area (Å²) in [5.41, 5.74) is 3.63. The fraction of sp³-hybridized carbons (Fsp3) is 0.391. The van der Waals surface area contributed by atoms with Crippen LogP contribution < -0.4 is 5.32 Å². The van der Waals surface area contributed by atoms with Gasteiger partial charge in [0.1, 0.15) is 5.82 Å². The van der Waals surface area contributed by atoms with E-state index in [2.05, 4.69) is 10.3 Å². The van der Waals surface area contributed by atoms with Gasteiger partial charge >= 0.3 is 0 Å². The van der Waals surface area contributed by atoms with Gasteiger partial charge in [-0.15, -0.1) is 0 Å². The van der Waals surface area contributed by atoms with Gasteiger partial charge in [-0.25, -0.2) is 4.98 Å². The van der Waals surface area contributed by atoms with E-state index in [1.807, 2.05) is 49.4 Å². The van der Waals surface area contributed by atoms with Crippen LogP contribution in [0.4, 0.5) is 0 Å². The van der Waals surface area contributed by atoms with Crippen molar-refractivity contribution in [2.75, 3.05) is 6.54 Å². The fourth-order valence-electron chi connectivity index (χ4n) is 4.35. The highest BCUT2D eigenvalue weighted by Crippen LogP contribution is 2.37. The summed E-state index contributed by atoms with van der Waals surface area (Å²) in [6.07, 6.45) is 3.15. The number of hydrogen-bond acceptors (Lipinski definition) is 3. The van der Waals surface area contributed by atoms with E-state index in [1.54, 1.807) is 0 Å². The highest BCUT2D eigenvalue weighted by Gasteiger charge is 2.34. The molecule has 1 aromatic heterocycles. The van der Waals surface area contributed by atoms with E-state index in [4.69, 9.17) is 16.6 Å². The van der Waals surface area contributed by atoms with Crippen molar-refractivity contribution < 1.29 is 9.90 Å². The van der Waals surface area contributed by atoms with Gasteiger partial charge in [0, 0.05) is 23.4 Å². The molecule has 3 atom stereocenters. The normalized spacial score (nSPS) is 20.5. The number of imidazole rings is 1. The SMILES string of the molecule is Cc1ccccc1[C@H](O)CNC(=O)[C@H]1CCCC[C@@H]1c1nc2ccc(Cl)cc2[nH]1. The average molecular weight is 412 g/mol. The fourth-order valence-corrected chi connectivity index (χ4v) is 4.52. The molecule has 3 N–H and O–H groups in total. The molecule has 5 nitrogen and oxygen atoms in total. The van der Waals surface area contributed by atoms with Crippen LogP contribution in [0, 0.1) is 12.8 Å². The van der Waals surface area contributed by atoms with Gasteiger partial charge in [-0.05, 0) is 49.1 Å². The molecule has 0 unspecified atom stereocenters. The predicted octanol–water partition coefficient (Wildman–Crippen LogP) is 4.65. The molecule has 1 aliphatic carbocycles. The number of carbonyl (C=O) groups excluding carboxylic acids is 1. The number of aryl methyl sites for hydroxylation is 1. The molecule has 0 spiro atoms. The van der Waals surface area contributed by atoms with Crippen LogP contribution in [0.15, 0.2) is 42.5 Å². The van der Waals surface area contributed by atoms with Crippen LogP contribution in [-0.4, -0.2) is 27.5 Å². The summed E-state index contributed by atoms with van der Waals surface area (Å²) in [5, 5.41) is 14.1. The highest BCUT2D eigenvalue weighted by molar-refractivity contribution is 6.31. The van der Waals surface area contributed by atoms with Crippen molar-refractivity contribution in [3.8, 4) is 0 Å². The van der Waals surface area contributed by atoms with E-state index in [0.717, 1.165) is 53.7 Å². The van der Waals surface area contributed by atoms with Crippen molar-refractivity contribution in [2.45, 2.75) is 44.6 Å². The zero-order valence-corrected chi connectivity index (χ0v) is 17.2. The van der Waals surface area contributed by atoms with Crippen LogP contribution in [0.2, 0.25) is 5.02 Å². The van der Waals surface area contributed by atoms with Crippen molar-refractivity contribution in [2.24, 2.45) is 5.92 Å². The second kappa shape index (κ2) is 8.56. The minimum absolute atomic E-state index is 0.0131. The lowest BCUT2D eigenvalue weighted by Gasteiger charge is -2.29. The zero-order valence-electron chi connectivity index (χ0n) is 16.5. The number of nitrogens with one attached hydrogen (secondary N) is 2. The molecule has 4 rings (SSSR count). The number of aromatic amines is 1. The van der Waals surface area contributed by atoms with Crippen LogP contribution in [0.1, 0.15) is 54.7 Å². The minimum atomic E-state index is -0.712. The predicted molar refractivity (Wildman–Crippen MR) is 115 cm³/mol. The summed E-state index contributed by atoms with van der Waals surface area (Å²) in [7, 11) is 0. The number of amides is 1. The first kappa shape index (κ1) is 19.9. The Labute approximate surface area is 175 Å². The van der Waals surface area contributed by atoms with Crippen LogP contribution in [0.5, 0.6) is 0 Å². The number of H-pyrrole nitrogens is 1. The number of hydrogen-bond donors (Lipinski definition) is 3. The first-order valence-corrected chi connectivity index (χ1v) is 10.6. The van der Waals surface area contributed by atoms with Crippen molar-refractivity contribution in [1.29, 1.82) is 0 Å². The molecule has 1 heterocycles. The Balaban J connectivity index is 1.47. The average Bonchev–Trinajstić information content (AvgIpc) is 3.15. The van der Waals surface area contributed by atoms with E-state index in [9.17, 15) is 9.90 Å². The maximum atomic E-state index is 13.0. The van der Waals surface area contributed by atoms with E-state index < -0.39 is 6.10 Å². The topological polar surface area (TPSA) is 78.0 Å². The molecule has 0 radical (unpaired) electrons. The van der Waals surface area contributed by atoms with Gasteiger partial charge in [0.15, 0.2) is 0 Å². The zero-order chi connectivity index (χ0) is 20.4. The van der Waals surface area contributed by atoms with Gasteiger partial charge in [0.05, 0.1) is 17.1 Å². The van der Waals surface area contributed by atoms with Crippen molar-refractivity contribution in [3.63, 3.8) is 0 Å². The first-order valence-electron chi connectivity index (χ1n) is 10.2. The molecular formula is C23H26ClN3O2. The lowest BCUT2D eigenvalue weighted by Crippen LogP contribution is -2.38. The third kappa shape index (κ3) is 4.31. The Hall–Kier alpha value is -2.37. The first-order chi connectivity index (χ1) is 14.0. The molecule has 1 saturated carbocycles. The third-order valence-corrected chi connectivity index (χ3v) is 6.17. The lowest BCUT2D eigenvalue weighted by atomic mass is 9.78. The lowest BCUT2D eigenvalue weighted by molar-refractivity contribution is -0.127. The molecule has 2 aromatic carbocycles. The van der Waals surface area contributed by atoms with Gasteiger partial charge in [-0.2, -0.15) is 0 Å². The Bertz CT molecular complexity index is 1020. The monoisotopic (exact) mass is 411 g/mol. The number of halogens is 1. The molecular weight excluding hydrogens is 386 g/mol. The summed E-state index contributed by atoms with van der Waals surface area (Å²) in [6, 6.07) is 13.3. The van der Waals surface area contributed by atoms with Crippen LogP contribution in [-0.2, 0) is 4.79 Å². The molecule has 0 bridgehead atoms.